The number of benzene rings is 1. The highest BCUT2D eigenvalue weighted by Crippen LogP contribution is 2.50. The third kappa shape index (κ3) is 7.46. The van der Waals surface area contributed by atoms with E-state index >= 15 is 0 Å². The molecule has 208 valence electrons. The van der Waals surface area contributed by atoms with Gasteiger partial charge in [0.1, 0.15) is 6.26 Å². The van der Waals surface area contributed by atoms with Crippen LogP contribution in [-0.4, -0.2) is 42.7 Å². The Hall–Kier alpha value is -2.67. The van der Waals surface area contributed by atoms with Gasteiger partial charge in [-0.15, -0.1) is 0 Å². The molecule has 1 amide bonds. The molecule has 2 aliphatic rings. The number of unbranched alkanes of at least 4 members (excludes halogenated alkanes) is 7. The predicted octanol–water partition coefficient (Wildman–Crippen LogP) is 6.15. The van der Waals surface area contributed by atoms with E-state index in [0.29, 0.717) is 31.0 Å². The molecule has 2 saturated heterocycles. The van der Waals surface area contributed by atoms with E-state index in [0.717, 1.165) is 37.7 Å². The SMILES string of the molecule is CCCCCCCCCCNC(=O)c1coc([C@H]2[C@@H](Cc3ccccc3CCC(=O)OC)[C@@H]3CC[C@H]2O3)n1. The van der Waals surface area contributed by atoms with Gasteiger partial charge in [0.25, 0.3) is 5.91 Å². The van der Waals surface area contributed by atoms with E-state index in [1.54, 1.807) is 0 Å². The van der Waals surface area contributed by atoms with E-state index in [2.05, 4.69) is 29.4 Å². The van der Waals surface area contributed by atoms with Gasteiger partial charge in [0.05, 0.1) is 25.2 Å². The molecule has 0 radical (unpaired) electrons. The van der Waals surface area contributed by atoms with E-state index in [1.807, 2.05) is 12.1 Å². The largest absolute Gasteiger partial charge is 0.469 e. The summed E-state index contributed by atoms with van der Waals surface area (Å²) in [6.07, 6.45) is 15.5. The summed E-state index contributed by atoms with van der Waals surface area (Å²) in [5.74, 6) is 0.480. The van der Waals surface area contributed by atoms with Crippen molar-refractivity contribution in [1.29, 1.82) is 0 Å². The number of hydrogen-bond donors (Lipinski definition) is 1. The summed E-state index contributed by atoms with van der Waals surface area (Å²) in [5.41, 5.74) is 2.73. The van der Waals surface area contributed by atoms with Crippen LogP contribution in [-0.2, 0) is 27.1 Å². The van der Waals surface area contributed by atoms with Crippen LogP contribution in [0.15, 0.2) is 34.9 Å². The summed E-state index contributed by atoms with van der Waals surface area (Å²) in [6, 6.07) is 8.27. The second kappa shape index (κ2) is 14.5. The number of amides is 1. The maximum atomic E-state index is 12.7. The van der Waals surface area contributed by atoms with E-state index in [-0.39, 0.29) is 35.9 Å². The second-order valence-corrected chi connectivity index (χ2v) is 10.8. The molecule has 2 aromatic rings. The Morgan fingerprint density at radius 2 is 1.71 bits per heavy atom. The standard InChI is InChI=1S/C31H44N2O5/c1-3-4-5-6-7-8-9-12-19-32-30(35)25-21-37-31(33-25)29-24(26-16-17-27(29)38-26)20-23-14-11-10-13-22(23)15-18-28(34)36-2/h10-11,13-14,21,24,26-27,29H,3-9,12,15-20H2,1-2H3,(H,32,35)/t24-,26-,27+,29-/m0/s1. The predicted molar refractivity (Wildman–Crippen MR) is 146 cm³/mol. The molecule has 4 atom stereocenters. The third-order valence-corrected chi connectivity index (χ3v) is 8.18. The van der Waals surface area contributed by atoms with Gasteiger partial charge >= 0.3 is 5.97 Å². The number of nitrogens with one attached hydrogen (secondary N) is 1. The Morgan fingerprint density at radius 3 is 2.47 bits per heavy atom. The molecule has 2 aliphatic heterocycles. The number of rotatable bonds is 16. The Balaban J connectivity index is 1.31. The van der Waals surface area contributed by atoms with Crippen LogP contribution in [0.25, 0.3) is 0 Å². The zero-order chi connectivity index (χ0) is 26.7. The fourth-order valence-corrected chi connectivity index (χ4v) is 6.07. The van der Waals surface area contributed by atoms with Gasteiger partial charge < -0.3 is 19.2 Å². The van der Waals surface area contributed by atoms with Crippen molar-refractivity contribution in [1.82, 2.24) is 10.3 Å². The molecule has 0 saturated carbocycles. The molecule has 2 fully saturated rings. The highest BCUT2D eigenvalue weighted by Gasteiger charge is 2.51. The van der Waals surface area contributed by atoms with Crippen molar-refractivity contribution in [3.8, 4) is 0 Å². The number of ether oxygens (including phenoxy) is 2. The smallest absolute Gasteiger partial charge is 0.305 e. The van der Waals surface area contributed by atoms with Crippen molar-refractivity contribution in [3.05, 3.63) is 53.2 Å². The van der Waals surface area contributed by atoms with Gasteiger partial charge in [-0.3, -0.25) is 9.59 Å². The first kappa shape index (κ1) is 28.3. The Kier molecular flexibility index (Phi) is 10.8. The van der Waals surface area contributed by atoms with Crippen LogP contribution in [0.1, 0.15) is 111 Å². The van der Waals surface area contributed by atoms with Gasteiger partial charge in [0.2, 0.25) is 5.89 Å². The summed E-state index contributed by atoms with van der Waals surface area (Å²) in [4.78, 5) is 29.0. The minimum Gasteiger partial charge on any atom is -0.469 e. The molecule has 38 heavy (non-hydrogen) atoms. The van der Waals surface area contributed by atoms with Gasteiger partial charge in [-0.25, -0.2) is 4.98 Å². The Labute approximate surface area is 227 Å². The average molecular weight is 525 g/mol. The summed E-state index contributed by atoms with van der Waals surface area (Å²) < 4.78 is 17.0. The average Bonchev–Trinajstić information content (AvgIpc) is 3.68. The number of aryl methyl sites for hydroxylation is 1. The van der Waals surface area contributed by atoms with Crippen molar-refractivity contribution in [3.63, 3.8) is 0 Å². The van der Waals surface area contributed by atoms with E-state index in [4.69, 9.17) is 13.9 Å². The Bertz CT molecular complexity index is 1030. The van der Waals surface area contributed by atoms with Crippen molar-refractivity contribution in [2.45, 2.75) is 109 Å². The lowest BCUT2D eigenvalue weighted by Gasteiger charge is -2.26. The first-order valence-corrected chi connectivity index (χ1v) is 14.6. The molecule has 3 heterocycles. The van der Waals surface area contributed by atoms with E-state index < -0.39 is 0 Å². The molecule has 4 rings (SSSR count). The summed E-state index contributed by atoms with van der Waals surface area (Å²) in [6.45, 7) is 2.90. The van der Waals surface area contributed by atoms with E-state index in [1.165, 1.54) is 57.5 Å². The number of esters is 1. The molecule has 1 aromatic heterocycles. The molecule has 1 aromatic carbocycles. The first-order valence-electron chi connectivity index (χ1n) is 14.6. The maximum absolute atomic E-state index is 12.7. The van der Waals surface area contributed by atoms with Gasteiger partial charge in [-0.2, -0.15) is 0 Å². The van der Waals surface area contributed by atoms with Crippen molar-refractivity contribution < 1.29 is 23.5 Å². The number of nitrogens with zero attached hydrogens (tertiary/aromatic N) is 1. The van der Waals surface area contributed by atoms with E-state index in [9.17, 15) is 9.59 Å². The molecular weight excluding hydrogens is 480 g/mol. The van der Waals surface area contributed by atoms with Crippen LogP contribution in [0, 0.1) is 5.92 Å². The highest BCUT2D eigenvalue weighted by atomic mass is 16.5. The molecule has 0 spiro atoms. The number of aromatic nitrogens is 1. The Morgan fingerprint density at radius 1 is 1.00 bits per heavy atom. The lowest BCUT2D eigenvalue weighted by Crippen LogP contribution is -2.28. The minimum atomic E-state index is -0.200. The van der Waals surface area contributed by atoms with Gasteiger partial charge in [0.15, 0.2) is 5.69 Å². The molecule has 0 aliphatic carbocycles. The zero-order valence-electron chi connectivity index (χ0n) is 23.1. The summed E-state index contributed by atoms with van der Waals surface area (Å²) in [7, 11) is 1.42. The number of oxazole rings is 1. The monoisotopic (exact) mass is 524 g/mol. The molecule has 1 N–H and O–H groups in total. The number of hydrogen-bond acceptors (Lipinski definition) is 6. The quantitative estimate of drug-likeness (QED) is 0.209. The lowest BCUT2D eigenvalue weighted by atomic mass is 9.75. The van der Waals surface area contributed by atoms with Crippen molar-refractivity contribution in [2.24, 2.45) is 5.92 Å². The fraction of sp³-hybridized carbons (Fsp3) is 0.645. The van der Waals surface area contributed by atoms with Crippen LogP contribution in [0.2, 0.25) is 0 Å². The molecule has 2 bridgehead atoms. The lowest BCUT2D eigenvalue weighted by molar-refractivity contribution is -0.140. The maximum Gasteiger partial charge on any atom is 0.305 e. The third-order valence-electron chi connectivity index (χ3n) is 8.18. The molecule has 7 nitrogen and oxygen atoms in total. The van der Waals surface area contributed by atoms with Crippen LogP contribution < -0.4 is 5.32 Å². The number of carbonyl (C=O) groups excluding carboxylic acids is 2. The highest BCUT2D eigenvalue weighted by molar-refractivity contribution is 5.91. The summed E-state index contributed by atoms with van der Waals surface area (Å²) in [5, 5.41) is 3.00. The second-order valence-electron chi connectivity index (χ2n) is 10.8. The van der Waals surface area contributed by atoms with Crippen molar-refractivity contribution in [2.75, 3.05) is 13.7 Å². The number of fused-ring (bicyclic) bond motifs is 2. The van der Waals surface area contributed by atoms with Crippen LogP contribution in [0.3, 0.4) is 0 Å². The van der Waals surface area contributed by atoms with Crippen LogP contribution in [0.4, 0.5) is 0 Å². The van der Waals surface area contributed by atoms with Crippen molar-refractivity contribution >= 4 is 11.9 Å². The van der Waals surface area contributed by atoms with Gasteiger partial charge in [-0.05, 0) is 43.2 Å². The first-order chi connectivity index (χ1) is 18.6. The molecule has 0 unspecified atom stereocenters. The van der Waals surface area contributed by atoms with Gasteiger partial charge in [-0.1, -0.05) is 76.1 Å². The summed E-state index contributed by atoms with van der Waals surface area (Å²) >= 11 is 0. The normalized spacial score (nSPS) is 22.1. The zero-order valence-corrected chi connectivity index (χ0v) is 23.1. The van der Waals surface area contributed by atoms with Crippen LogP contribution in [0.5, 0.6) is 0 Å². The van der Waals surface area contributed by atoms with Crippen LogP contribution >= 0.6 is 0 Å². The van der Waals surface area contributed by atoms with Gasteiger partial charge in [0, 0.05) is 18.9 Å². The minimum absolute atomic E-state index is 0.0247. The topological polar surface area (TPSA) is 90.7 Å². The fourth-order valence-electron chi connectivity index (χ4n) is 6.07. The molecule has 7 heteroatoms. The number of carbonyl (C=O) groups is 2. The number of methoxy groups -OCH3 is 1. The molecular formula is C31H44N2O5.